The number of hydrogen-bond donors (Lipinski definition) is 0. The van der Waals surface area contributed by atoms with Crippen molar-refractivity contribution in [3.05, 3.63) is 0 Å². The van der Waals surface area contributed by atoms with Gasteiger partial charge in [-0.05, 0) is 24.2 Å². The number of hydrogen-bond acceptors (Lipinski definition) is 0. The van der Waals surface area contributed by atoms with Gasteiger partial charge in [-0.3, -0.25) is 8.22 Å². The molecule has 2 unspecified atom stereocenters. The molecule has 0 saturated heterocycles. The predicted molar refractivity (Wildman–Crippen MR) is 72.7 cm³/mol. The molecule has 0 nitrogen and oxygen atoms in total. The summed E-state index contributed by atoms with van der Waals surface area (Å²) in [6.07, 6.45) is 1.62. The standard InChI is InChI=1S/C12H24F2Si2/c1-5-9-15(13,7-3)11-12-16(14,8-4)10-6-2/h5-10H2,1-4H3. The molecule has 0 heterocycles. The van der Waals surface area contributed by atoms with Gasteiger partial charge < -0.3 is 0 Å². The Morgan fingerprint density at radius 2 is 1.06 bits per heavy atom. The average Bonchev–Trinajstić information content (AvgIpc) is 2.27. The lowest BCUT2D eigenvalue weighted by Crippen LogP contribution is -2.30. The Morgan fingerprint density at radius 3 is 1.25 bits per heavy atom. The Kier molecular flexibility index (Phi) is 7.17. The van der Waals surface area contributed by atoms with Gasteiger partial charge in [-0.25, -0.2) is 0 Å². The lowest BCUT2D eigenvalue weighted by atomic mass is 10.6. The van der Waals surface area contributed by atoms with Crippen LogP contribution in [0.2, 0.25) is 24.2 Å². The molecule has 94 valence electrons. The predicted octanol–water partition coefficient (Wildman–Crippen LogP) is 4.76. The van der Waals surface area contributed by atoms with Gasteiger partial charge in [-0.2, -0.15) is 0 Å². The smallest absolute Gasteiger partial charge is 0.297 e. The molecule has 0 aliphatic rings. The van der Waals surface area contributed by atoms with Crippen LogP contribution in [-0.2, 0) is 0 Å². The van der Waals surface area contributed by atoms with Gasteiger partial charge in [0.15, 0.2) is 0 Å². The Hall–Kier alpha value is -0.146. The molecular weight excluding hydrogens is 238 g/mol. The largest absolute Gasteiger partial charge is 0.321 e. The maximum atomic E-state index is 14.2. The van der Waals surface area contributed by atoms with E-state index in [2.05, 4.69) is 11.1 Å². The normalized spacial score (nSPS) is 18.1. The number of halogens is 2. The van der Waals surface area contributed by atoms with Gasteiger partial charge in [-0.15, -0.1) is 0 Å². The second-order valence-corrected chi connectivity index (χ2v) is 11.2. The van der Waals surface area contributed by atoms with Crippen molar-refractivity contribution in [2.24, 2.45) is 0 Å². The van der Waals surface area contributed by atoms with Gasteiger partial charge in [-0.1, -0.05) is 51.6 Å². The fraction of sp³-hybridized carbons (Fsp3) is 0.833. The first-order valence-electron chi connectivity index (χ1n) is 6.37. The van der Waals surface area contributed by atoms with E-state index in [1.165, 1.54) is 0 Å². The summed E-state index contributed by atoms with van der Waals surface area (Å²) < 4.78 is 28.5. The molecule has 0 aromatic heterocycles. The minimum atomic E-state index is -2.94. The lowest BCUT2D eigenvalue weighted by molar-refractivity contribution is 0.765. The molecule has 0 amide bonds. The summed E-state index contributed by atoms with van der Waals surface area (Å²) in [4.78, 5) is 0. The zero-order valence-electron chi connectivity index (χ0n) is 11.0. The quantitative estimate of drug-likeness (QED) is 0.368. The molecule has 0 aromatic rings. The van der Waals surface area contributed by atoms with Gasteiger partial charge in [0.1, 0.15) is 0 Å². The maximum Gasteiger partial charge on any atom is 0.321 e. The third-order valence-electron chi connectivity index (χ3n) is 2.92. The SMILES string of the molecule is CCC[Si](F)(C#C[Si](F)(CC)CCC)CC. The molecule has 0 fully saturated rings. The third-order valence-corrected chi connectivity index (χ3v) is 9.15. The van der Waals surface area contributed by atoms with Crippen molar-refractivity contribution in [3.8, 4) is 11.1 Å². The molecule has 2 atom stereocenters. The minimum absolute atomic E-state index is 0.494. The Morgan fingerprint density at radius 1 is 0.750 bits per heavy atom. The van der Waals surface area contributed by atoms with Crippen LogP contribution in [0.3, 0.4) is 0 Å². The second kappa shape index (κ2) is 7.23. The highest BCUT2D eigenvalue weighted by Gasteiger charge is 2.33. The van der Waals surface area contributed by atoms with Gasteiger partial charge >= 0.3 is 16.8 Å². The van der Waals surface area contributed by atoms with E-state index in [-0.39, 0.29) is 0 Å². The molecule has 0 saturated carbocycles. The van der Waals surface area contributed by atoms with E-state index in [1.54, 1.807) is 0 Å². The van der Waals surface area contributed by atoms with Crippen molar-refractivity contribution < 1.29 is 8.22 Å². The molecule has 0 N–H and O–H groups in total. The average molecular weight is 262 g/mol. The first kappa shape index (κ1) is 15.9. The highest BCUT2D eigenvalue weighted by Crippen LogP contribution is 2.21. The van der Waals surface area contributed by atoms with E-state index in [0.29, 0.717) is 24.2 Å². The second-order valence-electron chi connectivity index (χ2n) is 4.39. The lowest BCUT2D eigenvalue weighted by Gasteiger charge is -2.15. The van der Waals surface area contributed by atoms with E-state index >= 15 is 0 Å². The van der Waals surface area contributed by atoms with Crippen molar-refractivity contribution in [3.63, 3.8) is 0 Å². The van der Waals surface area contributed by atoms with Crippen LogP contribution in [0, 0.1) is 11.1 Å². The molecule has 16 heavy (non-hydrogen) atoms. The monoisotopic (exact) mass is 262 g/mol. The van der Waals surface area contributed by atoms with E-state index in [9.17, 15) is 8.22 Å². The maximum absolute atomic E-state index is 14.2. The summed E-state index contributed by atoms with van der Waals surface area (Å²) in [6, 6.07) is 2.09. The van der Waals surface area contributed by atoms with Gasteiger partial charge in [0.05, 0.1) is 0 Å². The van der Waals surface area contributed by atoms with Gasteiger partial charge in [0.25, 0.3) is 0 Å². The van der Waals surface area contributed by atoms with Crippen LogP contribution in [-0.4, -0.2) is 16.8 Å². The molecule has 4 heteroatoms. The van der Waals surface area contributed by atoms with Crippen molar-refractivity contribution >= 4 is 16.8 Å². The summed E-state index contributed by atoms with van der Waals surface area (Å²) in [6.45, 7) is 7.60. The van der Waals surface area contributed by atoms with Crippen LogP contribution in [0.15, 0.2) is 0 Å². The molecule has 0 aliphatic carbocycles. The molecule has 0 aliphatic heterocycles. The van der Waals surface area contributed by atoms with Crippen LogP contribution in [0.25, 0.3) is 0 Å². The van der Waals surface area contributed by atoms with Crippen molar-refractivity contribution in [1.82, 2.24) is 0 Å². The molecule has 0 aromatic carbocycles. The molecular formula is C12H24F2Si2. The summed E-state index contributed by atoms with van der Waals surface area (Å²) in [5, 5.41) is 0. The fourth-order valence-electron chi connectivity index (χ4n) is 1.67. The first-order chi connectivity index (χ1) is 7.45. The van der Waals surface area contributed by atoms with Gasteiger partial charge in [0.2, 0.25) is 0 Å². The van der Waals surface area contributed by atoms with E-state index in [0.717, 1.165) is 12.8 Å². The van der Waals surface area contributed by atoms with Crippen molar-refractivity contribution in [2.45, 2.75) is 64.7 Å². The third kappa shape index (κ3) is 5.26. The fourth-order valence-corrected chi connectivity index (χ4v) is 6.36. The zero-order valence-corrected chi connectivity index (χ0v) is 13.0. The zero-order chi connectivity index (χ0) is 12.7. The van der Waals surface area contributed by atoms with Crippen molar-refractivity contribution in [2.75, 3.05) is 0 Å². The minimum Gasteiger partial charge on any atom is -0.297 e. The Labute approximate surface area is 101 Å². The first-order valence-corrected chi connectivity index (χ1v) is 11.0. The highest BCUT2D eigenvalue weighted by atomic mass is 28.4. The van der Waals surface area contributed by atoms with Gasteiger partial charge in [0, 0.05) is 0 Å². The molecule has 0 radical (unpaired) electrons. The summed E-state index contributed by atoms with van der Waals surface area (Å²) >= 11 is 0. The topological polar surface area (TPSA) is 0 Å². The van der Waals surface area contributed by atoms with Crippen LogP contribution >= 0.6 is 0 Å². The summed E-state index contributed by atoms with van der Waals surface area (Å²) in [7, 11) is -5.89. The Bertz CT molecular complexity index is 235. The van der Waals surface area contributed by atoms with E-state index < -0.39 is 16.8 Å². The van der Waals surface area contributed by atoms with Crippen LogP contribution in [0.1, 0.15) is 40.5 Å². The Balaban J connectivity index is 4.76. The number of rotatable bonds is 6. The molecule has 0 rings (SSSR count). The van der Waals surface area contributed by atoms with E-state index in [1.807, 2.05) is 27.7 Å². The van der Waals surface area contributed by atoms with E-state index in [4.69, 9.17) is 0 Å². The van der Waals surface area contributed by atoms with Crippen LogP contribution < -0.4 is 0 Å². The highest BCUT2D eigenvalue weighted by molar-refractivity contribution is 6.86. The summed E-state index contributed by atoms with van der Waals surface area (Å²) in [5.74, 6) is 0. The molecule has 0 spiro atoms. The molecule has 0 bridgehead atoms. The summed E-state index contributed by atoms with van der Waals surface area (Å²) in [5.41, 5.74) is 5.46. The van der Waals surface area contributed by atoms with Crippen LogP contribution in [0.4, 0.5) is 8.22 Å². The van der Waals surface area contributed by atoms with Crippen LogP contribution in [0.5, 0.6) is 0 Å². The van der Waals surface area contributed by atoms with Crippen molar-refractivity contribution in [1.29, 1.82) is 0 Å².